The van der Waals surface area contributed by atoms with Gasteiger partial charge in [-0.05, 0) is 44.1 Å². The number of amides is 1. The maximum atomic E-state index is 13.3. The van der Waals surface area contributed by atoms with E-state index in [0.29, 0.717) is 27.7 Å². The van der Waals surface area contributed by atoms with Gasteiger partial charge in [-0.3, -0.25) is 4.79 Å². The molecule has 2 unspecified atom stereocenters. The van der Waals surface area contributed by atoms with Gasteiger partial charge in [0.2, 0.25) is 10.0 Å². The van der Waals surface area contributed by atoms with Crippen LogP contribution in [-0.2, 0) is 16.6 Å². The van der Waals surface area contributed by atoms with Crippen LogP contribution in [0.2, 0.25) is 10.0 Å². The first kappa shape index (κ1) is 21.9. The molecule has 1 amide bonds. The molecule has 1 aromatic carbocycles. The van der Waals surface area contributed by atoms with E-state index in [4.69, 9.17) is 23.2 Å². The molecule has 9 heteroatoms. The van der Waals surface area contributed by atoms with Crippen LogP contribution in [-0.4, -0.2) is 37.7 Å². The number of hydrogen-bond donors (Lipinski definition) is 2. The highest BCUT2D eigenvalue weighted by molar-refractivity contribution is 7.88. The largest absolute Gasteiger partial charge is 0.349 e. The first-order valence-electron chi connectivity index (χ1n) is 10.4. The number of sulfonamides is 1. The van der Waals surface area contributed by atoms with Crippen LogP contribution < -0.4 is 10.0 Å². The molecule has 2 aromatic rings. The van der Waals surface area contributed by atoms with Crippen LogP contribution in [0.4, 0.5) is 0 Å². The van der Waals surface area contributed by atoms with Gasteiger partial charge >= 0.3 is 0 Å². The number of aromatic nitrogens is 1. The standard InChI is InChI=1S/C21H27Cl2N3O3S/c1-12-18(21(27)25-15-10-13-3-4-14(9-13)11-15)16-5-6-17(22)19(23)20(16)26(12)8-7-24-30(2,28)29/h5-6,13-15,24H,3-4,7-11H2,1-2H3,(H,25,27). The lowest BCUT2D eigenvalue weighted by molar-refractivity contribution is 0.0919. The summed E-state index contributed by atoms with van der Waals surface area (Å²) in [7, 11) is -3.31. The van der Waals surface area contributed by atoms with Crippen LogP contribution in [0.15, 0.2) is 12.1 Å². The van der Waals surface area contributed by atoms with Crippen molar-refractivity contribution in [3.63, 3.8) is 0 Å². The maximum Gasteiger partial charge on any atom is 0.253 e. The minimum absolute atomic E-state index is 0.1000. The zero-order chi connectivity index (χ0) is 21.6. The summed E-state index contributed by atoms with van der Waals surface area (Å²) in [6.45, 7) is 2.40. The van der Waals surface area contributed by atoms with Gasteiger partial charge in [-0.15, -0.1) is 0 Å². The number of hydrogen-bond acceptors (Lipinski definition) is 3. The van der Waals surface area contributed by atoms with Crippen molar-refractivity contribution in [2.45, 2.75) is 51.6 Å². The number of nitrogens with zero attached hydrogens (tertiary/aromatic N) is 1. The Kier molecular flexibility index (Phi) is 6.10. The fourth-order valence-electron chi connectivity index (χ4n) is 5.30. The molecule has 0 spiro atoms. The average molecular weight is 472 g/mol. The third-order valence-corrected chi connectivity index (χ3v) is 8.05. The molecular weight excluding hydrogens is 445 g/mol. The summed E-state index contributed by atoms with van der Waals surface area (Å²) < 4.78 is 27.3. The van der Waals surface area contributed by atoms with E-state index in [9.17, 15) is 13.2 Å². The van der Waals surface area contributed by atoms with Crippen molar-refractivity contribution in [2.75, 3.05) is 12.8 Å². The minimum atomic E-state index is -3.31. The van der Waals surface area contributed by atoms with Gasteiger partial charge in [-0.25, -0.2) is 13.1 Å². The van der Waals surface area contributed by atoms with E-state index in [1.165, 1.54) is 19.3 Å². The van der Waals surface area contributed by atoms with Crippen molar-refractivity contribution in [2.24, 2.45) is 11.8 Å². The van der Waals surface area contributed by atoms with Gasteiger partial charge in [0.1, 0.15) is 0 Å². The van der Waals surface area contributed by atoms with Crippen molar-refractivity contribution < 1.29 is 13.2 Å². The van der Waals surface area contributed by atoms with Crippen molar-refractivity contribution in [3.8, 4) is 0 Å². The fraction of sp³-hybridized carbons (Fsp3) is 0.571. The number of fused-ring (bicyclic) bond motifs is 3. The molecule has 2 bridgehead atoms. The van der Waals surface area contributed by atoms with Crippen LogP contribution >= 0.6 is 23.2 Å². The summed E-state index contributed by atoms with van der Waals surface area (Å²) in [4.78, 5) is 13.3. The monoisotopic (exact) mass is 471 g/mol. The predicted octanol–water partition coefficient (Wildman–Crippen LogP) is 4.11. The quantitative estimate of drug-likeness (QED) is 0.664. The average Bonchev–Trinajstić information content (AvgIpc) is 3.14. The topological polar surface area (TPSA) is 80.2 Å². The first-order chi connectivity index (χ1) is 14.1. The normalized spacial score (nSPS) is 23.8. The predicted molar refractivity (Wildman–Crippen MR) is 121 cm³/mol. The minimum Gasteiger partial charge on any atom is -0.349 e. The molecule has 2 saturated carbocycles. The molecule has 0 saturated heterocycles. The van der Waals surface area contributed by atoms with Crippen molar-refractivity contribution >= 4 is 50.0 Å². The number of carbonyl (C=O) groups excluding carboxylic acids is 1. The maximum absolute atomic E-state index is 13.3. The first-order valence-corrected chi connectivity index (χ1v) is 13.0. The van der Waals surface area contributed by atoms with E-state index in [2.05, 4.69) is 10.0 Å². The molecule has 1 aromatic heterocycles. The molecule has 4 rings (SSSR count). The summed E-state index contributed by atoms with van der Waals surface area (Å²) in [6.07, 6.45) is 7.06. The second-order valence-electron chi connectivity index (χ2n) is 8.72. The van der Waals surface area contributed by atoms with Crippen LogP contribution in [0.5, 0.6) is 0 Å². The zero-order valence-corrected chi connectivity index (χ0v) is 19.5. The third-order valence-electron chi connectivity index (χ3n) is 6.52. The van der Waals surface area contributed by atoms with Gasteiger partial charge < -0.3 is 9.88 Å². The summed E-state index contributed by atoms with van der Waals surface area (Å²) in [5.74, 6) is 1.36. The summed E-state index contributed by atoms with van der Waals surface area (Å²) in [5, 5.41) is 4.76. The van der Waals surface area contributed by atoms with Gasteiger partial charge in [0.05, 0.1) is 27.4 Å². The lowest BCUT2D eigenvalue weighted by atomic mass is 9.85. The van der Waals surface area contributed by atoms with Gasteiger partial charge in [0, 0.05) is 30.2 Å². The molecule has 0 radical (unpaired) electrons. The van der Waals surface area contributed by atoms with Crippen molar-refractivity contribution in [3.05, 3.63) is 33.4 Å². The second kappa shape index (κ2) is 8.34. The van der Waals surface area contributed by atoms with E-state index in [1.54, 1.807) is 6.07 Å². The number of benzene rings is 1. The number of halogens is 2. The summed E-state index contributed by atoms with van der Waals surface area (Å²) >= 11 is 12.7. The Bertz CT molecular complexity index is 1080. The summed E-state index contributed by atoms with van der Waals surface area (Å²) in [5.41, 5.74) is 1.99. The molecule has 2 fully saturated rings. The highest BCUT2D eigenvalue weighted by Gasteiger charge is 2.35. The summed E-state index contributed by atoms with van der Waals surface area (Å²) in [6, 6.07) is 3.72. The number of carbonyl (C=O) groups is 1. The molecule has 2 aliphatic carbocycles. The van der Waals surface area contributed by atoms with Crippen molar-refractivity contribution in [1.82, 2.24) is 14.6 Å². The SMILES string of the molecule is Cc1c(C(=O)NC2CC3CCC(C3)C2)c2ccc(Cl)c(Cl)c2n1CCNS(C)(=O)=O. The zero-order valence-electron chi connectivity index (χ0n) is 17.2. The molecule has 1 heterocycles. The van der Waals surface area contributed by atoms with Gasteiger partial charge in [-0.2, -0.15) is 0 Å². The van der Waals surface area contributed by atoms with E-state index in [-0.39, 0.29) is 18.5 Å². The van der Waals surface area contributed by atoms with E-state index < -0.39 is 10.0 Å². The molecule has 2 N–H and O–H groups in total. The molecule has 2 aliphatic rings. The smallest absolute Gasteiger partial charge is 0.253 e. The number of rotatable bonds is 6. The Morgan fingerprint density at radius 3 is 2.47 bits per heavy atom. The highest BCUT2D eigenvalue weighted by Crippen LogP contribution is 2.42. The van der Waals surface area contributed by atoms with Crippen molar-refractivity contribution in [1.29, 1.82) is 0 Å². The lowest BCUT2D eigenvalue weighted by Crippen LogP contribution is -2.39. The van der Waals surface area contributed by atoms with Gasteiger partial charge in [0.15, 0.2) is 0 Å². The van der Waals surface area contributed by atoms with E-state index >= 15 is 0 Å². The highest BCUT2D eigenvalue weighted by atomic mass is 35.5. The van der Waals surface area contributed by atoms with Crippen LogP contribution in [0.25, 0.3) is 10.9 Å². The van der Waals surface area contributed by atoms with Gasteiger partial charge in [-0.1, -0.05) is 42.1 Å². The molecule has 6 nitrogen and oxygen atoms in total. The Labute approximate surface area is 187 Å². The Morgan fingerprint density at radius 1 is 1.17 bits per heavy atom. The molecule has 164 valence electrons. The Balaban J connectivity index is 1.66. The van der Waals surface area contributed by atoms with E-state index in [0.717, 1.165) is 42.0 Å². The molecule has 0 aliphatic heterocycles. The van der Waals surface area contributed by atoms with Crippen LogP contribution in [0, 0.1) is 18.8 Å². The molecule has 2 atom stereocenters. The lowest BCUT2D eigenvalue weighted by Gasteiger charge is -2.28. The fourth-order valence-corrected chi connectivity index (χ4v) is 6.18. The molecule has 30 heavy (non-hydrogen) atoms. The van der Waals surface area contributed by atoms with Gasteiger partial charge in [0.25, 0.3) is 5.91 Å². The second-order valence-corrected chi connectivity index (χ2v) is 11.3. The number of nitrogens with one attached hydrogen (secondary N) is 2. The Hall–Kier alpha value is -1.28. The third kappa shape index (κ3) is 4.35. The molecular formula is C21H27Cl2N3O3S. The van der Waals surface area contributed by atoms with Crippen LogP contribution in [0.3, 0.4) is 0 Å². The van der Waals surface area contributed by atoms with E-state index in [1.807, 2.05) is 17.6 Å². The van der Waals surface area contributed by atoms with Crippen LogP contribution in [0.1, 0.15) is 48.2 Å². The Morgan fingerprint density at radius 2 is 1.83 bits per heavy atom.